The van der Waals surface area contributed by atoms with Crippen LogP contribution in [0.4, 0.5) is 0 Å². The van der Waals surface area contributed by atoms with Gasteiger partial charge in [0, 0.05) is 30.1 Å². The van der Waals surface area contributed by atoms with E-state index < -0.39 is 16.0 Å². The average Bonchev–Trinajstić information content (AvgIpc) is 2.41. The second kappa shape index (κ2) is 6.04. The van der Waals surface area contributed by atoms with Crippen molar-refractivity contribution in [2.45, 2.75) is 17.9 Å². The van der Waals surface area contributed by atoms with Crippen molar-refractivity contribution in [3.63, 3.8) is 0 Å². The van der Waals surface area contributed by atoms with Crippen molar-refractivity contribution in [3.8, 4) is 0 Å². The summed E-state index contributed by atoms with van der Waals surface area (Å²) in [7, 11) is -1.71. The summed E-state index contributed by atoms with van der Waals surface area (Å²) < 4.78 is 27.0. The first-order chi connectivity index (χ1) is 9.73. The zero-order chi connectivity index (χ0) is 15.8. The smallest absolute Gasteiger partial charge is 0.336 e. The molecule has 2 rings (SSSR count). The number of carbonyl (C=O) groups is 1. The molecule has 21 heavy (non-hydrogen) atoms. The van der Waals surface area contributed by atoms with E-state index >= 15 is 0 Å². The molecule has 1 saturated heterocycles. The van der Waals surface area contributed by atoms with E-state index in [1.54, 1.807) is 0 Å². The molecule has 116 valence electrons. The molecule has 1 aromatic carbocycles. The fourth-order valence-corrected chi connectivity index (χ4v) is 4.17. The molecule has 1 aliphatic heterocycles. The summed E-state index contributed by atoms with van der Waals surface area (Å²) >= 11 is 3.12. The number of halogens is 1. The second-order valence-corrected chi connectivity index (χ2v) is 7.93. The average molecular weight is 377 g/mol. The highest BCUT2D eigenvalue weighted by atomic mass is 79.9. The van der Waals surface area contributed by atoms with Crippen LogP contribution in [0, 0.1) is 0 Å². The molecule has 0 radical (unpaired) electrons. The molecule has 0 aromatic heterocycles. The highest BCUT2D eigenvalue weighted by molar-refractivity contribution is 9.10. The quantitative estimate of drug-likeness (QED) is 0.863. The van der Waals surface area contributed by atoms with E-state index in [4.69, 9.17) is 5.11 Å². The lowest BCUT2D eigenvalue weighted by Crippen LogP contribution is -2.51. The van der Waals surface area contributed by atoms with Gasteiger partial charge in [0.15, 0.2) is 0 Å². The number of benzene rings is 1. The van der Waals surface area contributed by atoms with Gasteiger partial charge in [0.1, 0.15) is 0 Å². The Hall–Kier alpha value is -0.960. The van der Waals surface area contributed by atoms with Gasteiger partial charge in [-0.3, -0.25) is 0 Å². The van der Waals surface area contributed by atoms with Crippen molar-refractivity contribution in [1.82, 2.24) is 9.21 Å². The minimum absolute atomic E-state index is 0.0138. The number of carboxylic acid groups (broad SMARTS) is 1. The summed E-state index contributed by atoms with van der Waals surface area (Å²) in [5.41, 5.74) is -0.0572. The second-order valence-electron chi connectivity index (χ2n) is 5.14. The van der Waals surface area contributed by atoms with Gasteiger partial charge < -0.3 is 10.0 Å². The number of piperazine rings is 1. The van der Waals surface area contributed by atoms with Crippen LogP contribution in [-0.4, -0.2) is 61.4 Å². The molecular weight excluding hydrogens is 360 g/mol. The summed E-state index contributed by atoms with van der Waals surface area (Å²) in [4.78, 5) is 13.2. The number of rotatable bonds is 3. The van der Waals surface area contributed by atoms with Crippen LogP contribution >= 0.6 is 15.9 Å². The van der Waals surface area contributed by atoms with Crippen molar-refractivity contribution in [1.29, 1.82) is 0 Å². The van der Waals surface area contributed by atoms with Gasteiger partial charge in [0.2, 0.25) is 10.0 Å². The highest BCUT2D eigenvalue weighted by Gasteiger charge is 2.31. The predicted molar refractivity (Wildman–Crippen MR) is 82.0 cm³/mol. The fourth-order valence-electron chi connectivity index (χ4n) is 2.21. The van der Waals surface area contributed by atoms with E-state index in [1.165, 1.54) is 22.5 Å². The molecule has 1 unspecified atom stereocenters. The Morgan fingerprint density at radius 2 is 2.05 bits per heavy atom. The van der Waals surface area contributed by atoms with Gasteiger partial charge in [-0.2, -0.15) is 4.31 Å². The third-order valence-corrected chi connectivity index (χ3v) is 6.28. The zero-order valence-electron chi connectivity index (χ0n) is 11.8. The summed E-state index contributed by atoms with van der Waals surface area (Å²) in [5, 5.41) is 9.10. The maximum Gasteiger partial charge on any atom is 0.336 e. The lowest BCUT2D eigenvalue weighted by Gasteiger charge is -2.36. The van der Waals surface area contributed by atoms with Gasteiger partial charge in [-0.15, -0.1) is 0 Å². The highest BCUT2D eigenvalue weighted by Crippen LogP contribution is 2.24. The van der Waals surface area contributed by atoms with Crippen LogP contribution in [-0.2, 0) is 10.0 Å². The van der Waals surface area contributed by atoms with Crippen molar-refractivity contribution >= 4 is 31.9 Å². The SMILES string of the molecule is CC1CN(S(=O)(=O)c2ccc(Br)c(C(=O)O)c2)CCN1C. The number of hydrogen-bond acceptors (Lipinski definition) is 4. The minimum atomic E-state index is -3.67. The van der Waals surface area contributed by atoms with E-state index in [9.17, 15) is 13.2 Å². The molecule has 8 heteroatoms. The lowest BCUT2D eigenvalue weighted by molar-refractivity contribution is 0.0695. The van der Waals surface area contributed by atoms with Crippen LogP contribution in [0.3, 0.4) is 0 Å². The molecule has 1 heterocycles. The van der Waals surface area contributed by atoms with Crippen molar-refractivity contribution in [3.05, 3.63) is 28.2 Å². The number of likely N-dealkylation sites (N-methyl/N-ethyl adjacent to an activating group) is 1. The Kier molecular flexibility index (Phi) is 4.72. The molecule has 0 amide bonds. The van der Waals surface area contributed by atoms with Crippen LogP contribution in [0.15, 0.2) is 27.6 Å². The minimum Gasteiger partial charge on any atom is -0.478 e. The van der Waals surface area contributed by atoms with E-state index in [2.05, 4.69) is 20.8 Å². The molecule has 1 aliphatic rings. The van der Waals surface area contributed by atoms with Crippen molar-refractivity contribution in [2.24, 2.45) is 0 Å². The number of hydrogen-bond donors (Lipinski definition) is 1. The molecular formula is C13H17BrN2O4S. The van der Waals surface area contributed by atoms with Crippen molar-refractivity contribution < 1.29 is 18.3 Å². The van der Waals surface area contributed by atoms with Crippen LogP contribution < -0.4 is 0 Å². The standard InChI is InChI=1S/C13H17BrN2O4S/c1-9-8-16(6-5-15(9)2)21(19,20)10-3-4-12(14)11(7-10)13(17)18/h3-4,7,9H,5-6,8H2,1-2H3,(H,17,18). The van der Waals surface area contributed by atoms with Crippen LogP contribution in [0.25, 0.3) is 0 Å². The number of nitrogens with zero attached hydrogens (tertiary/aromatic N) is 2. The number of carboxylic acids is 1. The first kappa shape index (κ1) is 16.4. The van der Waals surface area contributed by atoms with Crippen LogP contribution in [0.2, 0.25) is 0 Å². The van der Waals surface area contributed by atoms with E-state index in [0.29, 0.717) is 24.1 Å². The van der Waals surface area contributed by atoms with Gasteiger partial charge in [-0.25, -0.2) is 13.2 Å². The molecule has 1 atom stereocenters. The Balaban J connectivity index is 2.36. The molecule has 0 bridgehead atoms. The third kappa shape index (κ3) is 3.28. The van der Waals surface area contributed by atoms with E-state index in [-0.39, 0.29) is 16.5 Å². The molecule has 0 aliphatic carbocycles. The maximum absolute atomic E-state index is 12.6. The lowest BCUT2D eigenvalue weighted by atomic mass is 10.2. The van der Waals surface area contributed by atoms with Crippen molar-refractivity contribution in [2.75, 3.05) is 26.7 Å². The summed E-state index contributed by atoms with van der Waals surface area (Å²) in [6, 6.07) is 4.21. The Morgan fingerprint density at radius 3 is 2.62 bits per heavy atom. The first-order valence-electron chi connectivity index (χ1n) is 6.46. The Labute approximate surface area is 132 Å². The van der Waals surface area contributed by atoms with E-state index in [1.807, 2.05) is 14.0 Å². The molecule has 1 N–H and O–H groups in total. The number of sulfonamides is 1. The first-order valence-corrected chi connectivity index (χ1v) is 8.70. The molecule has 1 fully saturated rings. The van der Waals surface area contributed by atoms with Gasteiger partial charge in [-0.05, 0) is 48.1 Å². The number of aromatic carboxylic acids is 1. The predicted octanol–water partition coefficient (Wildman–Crippen LogP) is 1.47. The monoisotopic (exact) mass is 376 g/mol. The van der Waals surface area contributed by atoms with Crippen LogP contribution in [0.1, 0.15) is 17.3 Å². The molecule has 1 aromatic rings. The van der Waals surface area contributed by atoms with Gasteiger partial charge in [0.05, 0.1) is 10.5 Å². The third-order valence-electron chi connectivity index (χ3n) is 3.73. The largest absolute Gasteiger partial charge is 0.478 e. The molecule has 6 nitrogen and oxygen atoms in total. The Bertz CT molecular complexity index is 662. The van der Waals surface area contributed by atoms with Gasteiger partial charge >= 0.3 is 5.97 Å². The van der Waals surface area contributed by atoms with Crippen LogP contribution in [0.5, 0.6) is 0 Å². The maximum atomic E-state index is 12.6. The summed E-state index contributed by atoms with van der Waals surface area (Å²) in [5.74, 6) is -1.16. The summed E-state index contributed by atoms with van der Waals surface area (Å²) in [6.45, 7) is 3.42. The molecule has 0 spiro atoms. The fraction of sp³-hybridized carbons (Fsp3) is 0.462. The normalized spacial score (nSPS) is 21.4. The zero-order valence-corrected chi connectivity index (χ0v) is 14.2. The van der Waals surface area contributed by atoms with Gasteiger partial charge in [0.25, 0.3) is 0 Å². The molecule has 0 saturated carbocycles. The summed E-state index contributed by atoms with van der Waals surface area (Å²) in [6.07, 6.45) is 0. The Morgan fingerprint density at radius 1 is 1.38 bits per heavy atom. The topological polar surface area (TPSA) is 77.9 Å². The van der Waals surface area contributed by atoms with Gasteiger partial charge in [-0.1, -0.05) is 0 Å². The van der Waals surface area contributed by atoms with E-state index in [0.717, 1.165) is 0 Å².